The van der Waals surface area contributed by atoms with Crippen LogP contribution in [0.5, 0.6) is 0 Å². The average molecular weight is 391 g/mol. The first-order chi connectivity index (χ1) is 14.0. The van der Waals surface area contributed by atoms with Crippen LogP contribution in [0.4, 0.5) is 11.4 Å². The van der Waals surface area contributed by atoms with E-state index < -0.39 is 5.92 Å². The Morgan fingerprint density at radius 2 is 1.83 bits per heavy atom. The maximum atomic E-state index is 12.9. The first kappa shape index (κ1) is 19.2. The molecular formula is C23H25N3O3. The minimum absolute atomic E-state index is 0.00580. The second kappa shape index (κ2) is 8.07. The number of hydrogen-bond donors (Lipinski definition) is 1. The molecule has 2 aromatic rings. The molecule has 0 radical (unpaired) electrons. The second-order valence-electron chi connectivity index (χ2n) is 7.82. The van der Waals surface area contributed by atoms with Crippen LogP contribution >= 0.6 is 0 Å². The van der Waals surface area contributed by atoms with Crippen LogP contribution in [0, 0.1) is 12.8 Å². The van der Waals surface area contributed by atoms with E-state index in [1.165, 1.54) is 5.56 Å². The van der Waals surface area contributed by atoms with Crippen molar-refractivity contribution in [2.24, 2.45) is 5.92 Å². The monoisotopic (exact) mass is 391 g/mol. The Labute approximate surface area is 170 Å². The van der Waals surface area contributed by atoms with E-state index in [2.05, 4.69) is 5.32 Å². The molecule has 4 rings (SSSR count). The zero-order chi connectivity index (χ0) is 20.4. The molecule has 3 amide bonds. The number of nitrogens with zero attached hydrogens (tertiary/aromatic N) is 2. The summed E-state index contributed by atoms with van der Waals surface area (Å²) in [4.78, 5) is 40.9. The standard InChI is InChI=1S/C23H25N3O3/c1-16-8-10-17(11-9-16)14-25-15-18(13-22(25)28)23(29)24-19-5-2-3-6-20(19)26-12-4-7-21(26)27/h2-3,5-6,8-11,18H,4,7,12-15H2,1H3,(H,24,29). The molecule has 1 unspecified atom stereocenters. The molecule has 0 saturated carbocycles. The Bertz CT molecular complexity index is 939. The van der Waals surface area contributed by atoms with E-state index >= 15 is 0 Å². The lowest BCUT2D eigenvalue weighted by molar-refractivity contribution is -0.128. The molecule has 0 bridgehead atoms. The van der Waals surface area contributed by atoms with E-state index in [0.29, 0.717) is 31.7 Å². The molecule has 2 heterocycles. The van der Waals surface area contributed by atoms with Crippen LogP contribution in [0.3, 0.4) is 0 Å². The summed E-state index contributed by atoms with van der Waals surface area (Å²) in [6.45, 7) is 3.61. The lowest BCUT2D eigenvalue weighted by Gasteiger charge is -2.21. The number of likely N-dealkylation sites (tertiary alicyclic amines) is 1. The zero-order valence-corrected chi connectivity index (χ0v) is 16.6. The third-order valence-corrected chi connectivity index (χ3v) is 5.61. The number of rotatable bonds is 5. The number of carbonyl (C=O) groups excluding carboxylic acids is 3. The Kier molecular flexibility index (Phi) is 5.34. The molecule has 0 aliphatic carbocycles. The highest BCUT2D eigenvalue weighted by atomic mass is 16.2. The van der Waals surface area contributed by atoms with Gasteiger partial charge in [0.05, 0.1) is 17.3 Å². The number of aryl methyl sites for hydroxylation is 1. The first-order valence-corrected chi connectivity index (χ1v) is 10.0. The van der Waals surface area contributed by atoms with Gasteiger partial charge in [-0.2, -0.15) is 0 Å². The summed E-state index contributed by atoms with van der Waals surface area (Å²) >= 11 is 0. The van der Waals surface area contributed by atoms with Crippen LogP contribution in [0.2, 0.25) is 0 Å². The number of amides is 3. The minimum atomic E-state index is -0.393. The fourth-order valence-corrected chi connectivity index (χ4v) is 3.97. The van der Waals surface area contributed by atoms with Gasteiger partial charge in [-0.25, -0.2) is 0 Å². The van der Waals surface area contributed by atoms with E-state index in [4.69, 9.17) is 0 Å². The Hall–Kier alpha value is -3.15. The molecule has 0 aromatic heterocycles. The SMILES string of the molecule is Cc1ccc(CN2CC(C(=O)Nc3ccccc3N3CCCC3=O)CC2=O)cc1. The van der Waals surface area contributed by atoms with Gasteiger partial charge in [-0.1, -0.05) is 42.0 Å². The molecule has 0 spiro atoms. The average Bonchev–Trinajstić information content (AvgIpc) is 3.30. The number of para-hydroxylation sites is 2. The van der Waals surface area contributed by atoms with Crippen molar-refractivity contribution in [1.29, 1.82) is 0 Å². The molecule has 1 atom stereocenters. The normalized spacial score (nSPS) is 19.1. The van der Waals surface area contributed by atoms with Gasteiger partial charge in [0.1, 0.15) is 0 Å². The van der Waals surface area contributed by atoms with Crippen molar-refractivity contribution in [2.45, 2.75) is 32.7 Å². The van der Waals surface area contributed by atoms with E-state index in [1.54, 1.807) is 15.9 Å². The van der Waals surface area contributed by atoms with Gasteiger partial charge in [-0.15, -0.1) is 0 Å². The van der Waals surface area contributed by atoms with Gasteiger partial charge < -0.3 is 15.1 Å². The van der Waals surface area contributed by atoms with Gasteiger partial charge in [0.25, 0.3) is 0 Å². The first-order valence-electron chi connectivity index (χ1n) is 10.0. The largest absolute Gasteiger partial charge is 0.338 e. The van der Waals surface area contributed by atoms with Crippen molar-refractivity contribution >= 4 is 29.1 Å². The number of nitrogens with one attached hydrogen (secondary N) is 1. The molecule has 1 N–H and O–H groups in total. The van der Waals surface area contributed by atoms with Crippen molar-refractivity contribution in [3.05, 3.63) is 59.7 Å². The summed E-state index contributed by atoms with van der Waals surface area (Å²) in [5.41, 5.74) is 3.58. The molecule has 2 aliphatic rings. The summed E-state index contributed by atoms with van der Waals surface area (Å²) < 4.78 is 0. The molecule has 2 aromatic carbocycles. The number of benzene rings is 2. The van der Waals surface area contributed by atoms with Gasteiger partial charge >= 0.3 is 0 Å². The molecule has 2 fully saturated rings. The maximum Gasteiger partial charge on any atom is 0.229 e. The molecule has 2 aliphatic heterocycles. The van der Waals surface area contributed by atoms with Crippen LogP contribution in [0.15, 0.2) is 48.5 Å². The quantitative estimate of drug-likeness (QED) is 0.851. The van der Waals surface area contributed by atoms with Crippen molar-refractivity contribution < 1.29 is 14.4 Å². The van der Waals surface area contributed by atoms with Crippen LogP contribution in [-0.2, 0) is 20.9 Å². The fourth-order valence-electron chi connectivity index (χ4n) is 3.97. The predicted octanol–water partition coefficient (Wildman–Crippen LogP) is 3.11. The number of anilines is 2. The van der Waals surface area contributed by atoms with Gasteiger partial charge in [0.2, 0.25) is 17.7 Å². The molecule has 6 heteroatoms. The van der Waals surface area contributed by atoms with Crippen molar-refractivity contribution in [3.8, 4) is 0 Å². The summed E-state index contributed by atoms with van der Waals surface area (Å²) in [6.07, 6.45) is 1.57. The molecule has 150 valence electrons. The van der Waals surface area contributed by atoms with E-state index in [0.717, 1.165) is 17.7 Å². The van der Waals surface area contributed by atoms with Crippen molar-refractivity contribution in [1.82, 2.24) is 4.90 Å². The summed E-state index contributed by atoms with van der Waals surface area (Å²) in [5, 5.41) is 2.95. The highest BCUT2D eigenvalue weighted by Gasteiger charge is 2.35. The highest BCUT2D eigenvalue weighted by Crippen LogP contribution is 2.30. The maximum absolute atomic E-state index is 12.9. The molecule has 29 heavy (non-hydrogen) atoms. The Morgan fingerprint density at radius 3 is 2.55 bits per heavy atom. The van der Waals surface area contributed by atoms with Gasteiger partial charge in [0.15, 0.2) is 0 Å². The van der Waals surface area contributed by atoms with Crippen LogP contribution < -0.4 is 10.2 Å². The fraction of sp³-hybridized carbons (Fsp3) is 0.348. The summed E-state index contributed by atoms with van der Waals surface area (Å²) in [6, 6.07) is 15.4. The van der Waals surface area contributed by atoms with E-state index in [1.807, 2.05) is 49.4 Å². The summed E-state index contributed by atoms with van der Waals surface area (Å²) in [5.74, 6) is -0.500. The summed E-state index contributed by atoms with van der Waals surface area (Å²) in [7, 11) is 0. The van der Waals surface area contributed by atoms with Gasteiger partial charge in [-0.3, -0.25) is 14.4 Å². The lowest BCUT2D eigenvalue weighted by Crippen LogP contribution is -2.29. The highest BCUT2D eigenvalue weighted by molar-refractivity contribution is 6.03. The second-order valence-corrected chi connectivity index (χ2v) is 7.82. The van der Waals surface area contributed by atoms with Gasteiger partial charge in [0, 0.05) is 32.5 Å². The van der Waals surface area contributed by atoms with E-state index in [-0.39, 0.29) is 24.1 Å². The van der Waals surface area contributed by atoms with E-state index in [9.17, 15) is 14.4 Å². The topological polar surface area (TPSA) is 69.7 Å². The minimum Gasteiger partial charge on any atom is -0.338 e. The van der Waals surface area contributed by atoms with Crippen molar-refractivity contribution in [3.63, 3.8) is 0 Å². The van der Waals surface area contributed by atoms with Crippen molar-refractivity contribution in [2.75, 3.05) is 23.3 Å². The van der Waals surface area contributed by atoms with Gasteiger partial charge in [-0.05, 0) is 31.0 Å². The lowest BCUT2D eigenvalue weighted by atomic mass is 10.1. The third kappa shape index (κ3) is 4.16. The Balaban J connectivity index is 1.43. The smallest absolute Gasteiger partial charge is 0.229 e. The molecular weight excluding hydrogens is 366 g/mol. The van der Waals surface area contributed by atoms with Crippen LogP contribution in [0.1, 0.15) is 30.4 Å². The molecule has 6 nitrogen and oxygen atoms in total. The molecule has 2 saturated heterocycles. The zero-order valence-electron chi connectivity index (χ0n) is 16.6. The number of carbonyl (C=O) groups is 3. The van der Waals surface area contributed by atoms with Crippen LogP contribution in [0.25, 0.3) is 0 Å². The van der Waals surface area contributed by atoms with Crippen LogP contribution in [-0.4, -0.2) is 35.7 Å². The number of hydrogen-bond acceptors (Lipinski definition) is 3. The predicted molar refractivity (Wildman–Crippen MR) is 111 cm³/mol. The third-order valence-electron chi connectivity index (χ3n) is 5.61. The Morgan fingerprint density at radius 1 is 1.07 bits per heavy atom.